The maximum Gasteiger partial charge on any atom is 0.472 e. The highest BCUT2D eigenvalue weighted by atomic mass is 31.2. The Kier molecular flexibility index (Phi) is 67.7. The zero-order valence-electron chi connectivity index (χ0n) is 61.8. The van der Waals surface area contributed by atoms with E-state index < -0.39 is 97.5 Å². The van der Waals surface area contributed by atoms with Crippen molar-refractivity contribution >= 4 is 39.5 Å². The predicted octanol–water partition coefficient (Wildman–Crippen LogP) is 22.5. The maximum absolute atomic E-state index is 13.1. The van der Waals surface area contributed by atoms with Crippen LogP contribution >= 0.6 is 15.6 Å². The van der Waals surface area contributed by atoms with Crippen LogP contribution in [0.1, 0.15) is 401 Å². The van der Waals surface area contributed by atoms with E-state index in [0.717, 1.165) is 95.8 Å². The number of carbonyl (C=O) groups excluding carboxylic acids is 4. The van der Waals surface area contributed by atoms with Crippen LogP contribution in [0.4, 0.5) is 0 Å². The molecule has 6 atom stereocenters. The number of aliphatic hydroxyl groups excluding tert-OH is 1. The second kappa shape index (κ2) is 69.2. The Morgan fingerprint density at radius 2 is 0.505 bits per heavy atom. The lowest BCUT2D eigenvalue weighted by molar-refractivity contribution is -0.161. The molecule has 3 unspecified atom stereocenters. The first-order chi connectivity index (χ1) is 46.1. The molecule has 0 aliphatic rings. The molecule has 0 bridgehead atoms. The van der Waals surface area contributed by atoms with Crippen molar-refractivity contribution in [3.8, 4) is 0 Å². The Morgan fingerprint density at radius 3 is 0.747 bits per heavy atom. The first-order valence-electron chi connectivity index (χ1n) is 39.7. The zero-order chi connectivity index (χ0) is 69.8. The summed E-state index contributed by atoms with van der Waals surface area (Å²) in [6.45, 7) is 7.27. The fourth-order valence-corrected chi connectivity index (χ4v) is 13.3. The van der Waals surface area contributed by atoms with Gasteiger partial charge < -0.3 is 33.8 Å². The molecule has 19 heteroatoms. The van der Waals surface area contributed by atoms with Crippen LogP contribution in [0, 0.1) is 5.92 Å². The molecule has 0 radical (unpaired) electrons. The molecule has 0 aromatic rings. The number of hydrogen-bond donors (Lipinski definition) is 3. The second-order valence-electron chi connectivity index (χ2n) is 27.6. The van der Waals surface area contributed by atoms with Gasteiger partial charge in [0.15, 0.2) is 12.2 Å². The summed E-state index contributed by atoms with van der Waals surface area (Å²) in [7, 11) is -9.91. The number of phosphoric ester groups is 2. The van der Waals surface area contributed by atoms with Gasteiger partial charge in [-0.2, -0.15) is 0 Å². The highest BCUT2D eigenvalue weighted by Crippen LogP contribution is 2.45. The van der Waals surface area contributed by atoms with Gasteiger partial charge in [0.1, 0.15) is 19.3 Å². The van der Waals surface area contributed by atoms with Gasteiger partial charge in [0.25, 0.3) is 0 Å². The normalized spacial score (nSPS) is 14.2. The smallest absolute Gasteiger partial charge is 0.462 e. The third kappa shape index (κ3) is 69.0. The molecular formula is C76H148O17P2. The summed E-state index contributed by atoms with van der Waals surface area (Å²) < 4.78 is 68.4. The monoisotopic (exact) mass is 1400 g/mol. The largest absolute Gasteiger partial charge is 0.472 e. The van der Waals surface area contributed by atoms with Gasteiger partial charge in [-0.05, 0) is 31.6 Å². The lowest BCUT2D eigenvalue weighted by atomic mass is 9.99. The molecule has 564 valence electrons. The van der Waals surface area contributed by atoms with Crippen LogP contribution in [0.5, 0.6) is 0 Å². The molecule has 0 aliphatic heterocycles. The molecule has 0 fully saturated rings. The number of carbonyl (C=O) groups is 4. The summed E-state index contributed by atoms with van der Waals surface area (Å²) >= 11 is 0. The lowest BCUT2D eigenvalue weighted by Gasteiger charge is -2.21. The van der Waals surface area contributed by atoms with Crippen LogP contribution in [0.2, 0.25) is 0 Å². The van der Waals surface area contributed by atoms with Gasteiger partial charge in [0.05, 0.1) is 26.4 Å². The summed E-state index contributed by atoms with van der Waals surface area (Å²) in [5.74, 6) is -1.34. The van der Waals surface area contributed by atoms with E-state index in [9.17, 15) is 43.2 Å². The van der Waals surface area contributed by atoms with Gasteiger partial charge in [0, 0.05) is 25.7 Å². The molecule has 0 saturated heterocycles. The topological polar surface area (TPSA) is 237 Å². The molecule has 0 rings (SSSR count). The van der Waals surface area contributed by atoms with E-state index in [-0.39, 0.29) is 25.7 Å². The second-order valence-corrected chi connectivity index (χ2v) is 30.5. The summed E-state index contributed by atoms with van der Waals surface area (Å²) in [6.07, 6.45) is 58.3. The average molecular weight is 1400 g/mol. The van der Waals surface area contributed by atoms with Crippen molar-refractivity contribution in [3.63, 3.8) is 0 Å². The van der Waals surface area contributed by atoms with E-state index in [0.29, 0.717) is 25.7 Å². The van der Waals surface area contributed by atoms with E-state index in [2.05, 4.69) is 34.6 Å². The van der Waals surface area contributed by atoms with Crippen molar-refractivity contribution in [1.82, 2.24) is 0 Å². The van der Waals surface area contributed by atoms with Gasteiger partial charge in [-0.25, -0.2) is 9.13 Å². The number of hydrogen-bond acceptors (Lipinski definition) is 15. The zero-order valence-corrected chi connectivity index (χ0v) is 63.6. The first kappa shape index (κ1) is 93.1. The van der Waals surface area contributed by atoms with Crippen molar-refractivity contribution < 1.29 is 80.2 Å². The minimum absolute atomic E-state index is 0.108. The van der Waals surface area contributed by atoms with Crippen molar-refractivity contribution in [2.75, 3.05) is 39.6 Å². The molecular weight excluding hydrogens is 1250 g/mol. The summed E-state index contributed by atoms with van der Waals surface area (Å²) in [5.41, 5.74) is 0. The minimum Gasteiger partial charge on any atom is -0.462 e. The molecule has 0 heterocycles. The number of esters is 4. The fourth-order valence-electron chi connectivity index (χ4n) is 11.7. The summed E-state index contributed by atoms with van der Waals surface area (Å²) in [4.78, 5) is 72.7. The molecule has 0 spiro atoms. The third-order valence-corrected chi connectivity index (χ3v) is 20.0. The average Bonchev–Trinajstić information content (AvgIpc) is 2.61. The minimum atomic E-state index is -4.96. The Hall–Kier alpha value is -1.94. The summed E-state index contributed by atoms with van der Waals surface area (Å²) in [5, 5.41) is 10.6. The van der Waals surface area contributed by atoms with Gasteiger partial charge >= 0.3 is 39.5 Å². The van der Waals surface area contributed by atoms with Crippen LogP contribution < -0.4 is 0 Å². The number of ether oxygens (including phenoxy) is 4. The molecule has 0 aliphatic carbocycles. The number of rotatable bonds is 76. The van der Waals surface area contributed by atoms with Crippen molar-refractivity contribution in [3.05, 3.63) is 0 Å². The van der Waals surface area contributed by atoms with E-state index in [1.807, 2.05) is 0 Å². The van der Waals surface area contributed by atoms with E-state index in [4.69, 9.17) is 37.0 Å². The number of aliphatic hydroxyl groups is 1. The van der Waals surface area contributed by atoms with Crippen molar-refractivity contribution in [1.29, 1.82) is 0 Å². The van der Waals surface area contributed by atoms with Crippen LogP contribution in [-0.4, -0.2) is 96.7 Å². The van der Waals surface area contributed by atoms with Crippen molar-refractivity contribution in [2.24, 2.45) is 5.92 Å². The summed E-state index contributed by atoms with van der Waals surface area (Å²) in [6, 6.07) is 0. The predicted molar refractivity (Wildman–Crippen MR) is 386 cm³/mol. The Balaban J connectivity index is 5.16. The third-order valence-electron chi connectivity index (χ3n) is 18.1. The molecule has 0 aromatic heterocycles. The Bertz CT molecular complexity index is 1820. The maximum atomic E-state index is 13.1. The quantitative estimate of drug-likeness (QED) is 0.0222. The number of unbranched alkanes of at least 4 members (excludes halogenated alkanes) is 47. The molecule has 3 N–H and O–H groups in total. The highest BCUT2D eigenvalue weighted by molar-refractivity contribution is 7.47. The fraction of sp³-hybridized carbons (Fsp3) is 0.947. The van der Waals surface area contributed by atoms with Gasteiger partial charge in [-0.15, -0.1) is 0 Å². The van der Waals surface area contributed by atoms with Gasteiger partial charge in [0.2, 0.25) is 0 Å². The number of phosphoric acid groups is 2. The van der Waals surface area contributed by atoms with Gasteiger partial charge in [-0.1, -0.05) is 349 Å². The molecule has 0 aromatic carbocycles. The van der Waals surface area contributed by atoms with Crippen LogP contribution in [-0.2, 0) is 65.4 Å². The van der Waals surface area contributed by atoms with Gasteiger partial charge in [-0.3, -0.25) is 37.3 Å². The van der Waals surface area contributed by atoms with Crippen LogP contribution in [0.15, 0.2) is 0 Å². The Labute approximate surface area is 581 Å². The van der Waals surface area contributed by atoms with Crippen LogP contribution in [0.25, 0.3) is 0 Å². The molecule has 0 amide bonds. The van der Waals surface area contributed by atoms with E-state index in [1.165, 1.54) is 225 Å². The first-order valence-corrected chi connectivity index (χ1v) is 42.7. The Morgan fingerprint density at radius 1 is 0.295 bits per heavy atom. The SMILES string of the molecule is CCCCCCCCCCCCCCCCCCCCCCCCC(=O)O[C@H](COC(=O)CCCCCCCCCCC(C)CC)COP(=O)(O)OC[C@@H](O)COP(=O)(O)OC[C@@H](COC(=O)CCCCCCCCCCC)OC(=O)CCCCCCCCCCCCCC. The lowest BCUT2D eigenvalue weighted by Crippen LogP contribution is -2.30. The molecule has 17 nitrogen and oxygen atoms in total. The van der Waals surface area contributed by atoms with Crippen molar-refractivity contribution in [2.45, 2.75) is 419 Å². The molecule has 95 heavy (non-hydrogen) atoms. The highest BCUT2D eigenvalue weighted by Gasteiger charge is 2.30. The van der Waals surface area contributed by atoms with E-state index >= 15 is 0 Å². The van der Waals surface area contributed by atoms with E-state index in [1.54, 1.807) is 0 Å². The van der Waals surface area contributed by atoms with Crippen LogP contribution in [0.3, 0.4) is 0 Å². The standard InChI is InChI=1S/C76H148O17P2/c1-6-10-13-16-19-22-24-26-27-28-29-30-31-32-33-34-35-37-40-47-52-57-62-76(81)93-72(66-87-74(79)60-55-50-45-42-41-43-48-53-58-69(5)9-4)68-91-95(84,85)89-64-70(77)63-88-94(82,83)90-67-71(65-86-73(78)59-54-49-44-38-21-18-15-12-8-3)92-75(80)61-56-51-46-39-36-25-23-20-17-14-11-7-2/h69-72,77H,6-68H2,1-5H3,(H,82,83)(H,84,85)/t69?,70-,71+,72+/m0/s1. The molecule has 0 saturated carbocycles.